The van der Waals surface area contributed by atoms with Crippen molar-refractivity contribution < 1.29 is 28.9 Å². The number of hydrogen-bond donors (Lipinski definition) is 2. The standard InChI is InChI=1S/C36H41N5O6Si/c1-23-33(48(3,4)27-13-11-26(45-2)12-14-27)32(16-17-40-21-31(38-39-40)28(22-42)24-8-6-5-7-9-24)47-36(23)29-20-25(41-18-19-46-35(41)44)10-15-30(29)37-34(36)43/h5-15,20-21,23,28,32-33,42H,16-19,22H2,1-4H3,(H,37,43)/t23-,28?,32+,33-,36+/m0/s1. The number of hydrogen-bond acceptors (Lipinski definition) is 8. The molecule has 2 fully saturated rings. The van der Waals surface area contributed by atoms with Crippen molar-refractivity contribution in [3.05, 3.63) is 95.8 Å². The molecule has 4 heterocycles. The van der Waals surface area contributed by atoms with Crippen molar-refractivity contribution in [2.45, 2.75) is 56.1 Å². The highest BCUT2D eigenvalue weighted by atomic mass is 28.3. The molecule has 1 spiro atoms. The first kappa shape index (κ1) is 32.0. The van der Waals surface area contributed by atoms with Crippen LogP contribution in [0.2, 0.25) is 18.6 Å². The minimum Gasteiger partial charge on any atom is -0.497 e. The van der Waals surface area contributed by atoms with Gasteiger partial charge in [0.15, 0.2) is 5.60 Å². The molecule has 7 rings (SSSR count). The van der Waals surface area contributed by atoms with Gasteiger partial charge in [-0.1, -0.05) is 72.9 Å². The number of aliphatic hydroxyl groups excluding tert-OH is 1. The van der Waals surface area contributed by atoms with Gasteiger partial charge in [-0.15, -0.1) is 5.10 Å². The maximum Gasteiger partial charge on any atom is 0.414 e. The summed E-state index contributed by atoms with van der Waals surface area (Å²) in [6.07, 6.45) is 1.81. The summed E-state index contributed by atoms with van der Waals surface area (Å²) >= 11 is 0. The fourth-order valence-corrected chi connectivity index (χ4v) is 12.1. The summed E-state index contributed by atoms with van der Waals surface area (Å²) in [6.45, 7) is 8.03. The second kappa shape index (κ2) is 12.5. The Morgan fingerprint density at radius 1 is 1.10 bits per heavy atom. The first-order valence-corrected chi connectivity index (χ1v) is 19.5. The molecule has 3 aromatic carbocycles. The lowest BCUT2D eigenvalue weighted by atomic mass is 9.82. The lowest BCUT2D eigenvalue weighted by Gasteiger charge is -2.37. The van der Waals surface area contributed by atoms with Crippen LogP contribution in [0.1, 0.15) is 36.1 Å². The van der Waals surface area contributed by atoms with Gasteiger partial charge in [-0.3, -0.25) is 14.4 Å². The number of cyclic esters (lactones) is 1. The van der Waals surface area contributed by atoms with E-state index in [4.69, 9.17) is 14.2 Å². The molecule has 0 saturated carbocycles. The molecule has 0 bridgehead atoms. The van der Waals surface area contributed by atoms with Gasteiger partial charge in [0.1, 0.15) is 12.4 Å². The molecule has 12 heteroatoms. The maximum absolute atomic E-state index is 14.1. The monoisotopic (exact) mass is 667 g/mol. The smallest absolute Gasteiger partial charge is 0.414 e. The number of carbonyl (C=O) groups excluding carboxylic acids is 2. The SMILES string of the molecule is COc1ccc([Si](C)(C)[C@@H]2[C@@H](CCn3cc(C(CO)c4ccccc4)nn3)O[C@]3(C(=O)Nc4ccc(N5CCOC5=O)cc43)[C@H]2C)cc1. The van der Waals surface area contributed by atoms with Gasteiger partial charge >= 0.3 is 6.09 Å². The van der Waals surface area contributed by atoms with E-state index in [1.54, 1.807) is 16.7 Å². The number of fused-ring (bicyclic) bond motifs is 2. The van der Waals surface area contributed by atoms with Crippen molar-refractivity contribution in [1.29, 1.82) is 0 Å². The van der Waals surface area contributed by atoms with Gasteiger partial charge in [0.25, 0.3) is 5.91 Å². The fourth-order valence-electron chi connectivity index (χ4n) is 8.08. The molecule has 2 saturated heterocycles. The van der Waals surface area contributed by atoms with E-state index < -0.39 is 19.8 Å². The summed E-state index contributed by atoms with van der Waals surface area (Å²) < 4.78 is 19.6. The third kappa shape index (κ3) is 5.28. The Bertz CT molecular complexity index is 1820. The molecule has 2 N–H and O–H groups in total. The van der Waals surface area contributed by atoms with Crippen LogP contribution in [0.15, 0.2) is 79.0 Å². The van der Waals surface area contributed by atoms with Crippen LogP contribution in [-0.2, 0) is 26.4 Å². The van der Waals surface area contributed by atoms with Gasteiger partial charge in [0.2, 0.25) is 0 Å². The highest BCUT2D eigenvalue weighted by Gasteiger charge is 2.64. The second-order valence-electron chi connectivity index (χ2n) is 13.4. The number of benzene rings is 3. The Morgan fingerprint density at radius 3 is 2.56 bits per heavy atom. The predicted molar refractivity (Wildman–Crippen MR) is 183 cm³/mol. The number of nitrogens with one attached hydrogen (secondary N) is 1. The quantitative estimate of drug-likeness (QED) is 0.235. The van der Waals surface area contributed by atoms with Crippen LogP contribution in [0, 0.1) is 5.92 Å². The molecule has 11 nitrogen and oxygen atoms in total. The number of rotatable bonds is 10. The Morgan fingerprint density at radius 2 is 1.88 bits per heavy atom. The summed E-state index contributed by atoms with van der Waals surface area (Å²) in [5.74, 6) is 0.148. The summed E-state index contributed by atoms with van der Waals surface area (Å²) in [6, 6.07) is 23.7. The van der Waals surface area contributed by atoms with Crippen molar-refractivity contribution >= 4 is 36.6 Å². The Hall–Kier alpha value is -4.52. The number of aliphatic hydroxyl groups is 1. The van der Waals surface area contributed by atoms with Crippen molar-refractivity contribution in [3.8, 4) is 5.75 Å². The molecule has 3 aliphatic heterocycles. The zero-order valence-electron chi connectivity index (χ0n) is 27.6. The number of aromatic nitrogens is 3. The summed E-state index contributed by atoms with van der Waals surface area (Å²) in [7, 11) is -0.666. The number of aryl methyl sites for hydroxylation is 1. The number of methoxy groups -OCH3 is 1. The first-order valence-electron chi connectivity index (χ1n) is 16.5. The third-order valence-corrected chi connectivity index (χ3v) is 14.9. The minimum absolute atomic E-state index is 0.0421. The number of amides is 2. The minimum atomic E-state index is -2.33. The number of ether oxygens (including phenoxy) is 3. The molecule has 2 amide bonds. The highest BCUT2D eigenvalue weighted by Crippen LogP contribution is 2.59. The number of carbonyl (C=O) groups is 2. The lowest BCUT2D eigenvalue weighted by molar-refractivity contribution is -0.143. The largest absolute Gasteiger partial charge is 0.497 e. The van der Waals surface area contributed by atoms with Gasteiger partial charge < -0.3 is 24.6 Å². The molecule has 4 aromatic rings. The van der Waals surface area contributed by atoms with Crippen molar-refractivity contribution in [2.75, 3.05) is 37.1 Å². The van der Waals surface area contributed by atoms with E-state index in [0.717, 1.165) is 16.9 Å². The summed E-state index contributed by atoms with van der Waals surface area (Å²) in [4.78, 5) is 28.2. The van der Waals surface area contributed by atoms with E-state index in [1.807, 2.05) is 66.9 Å². The number of anilines is 2. The van der Waals surface area contributed by atoms with E-state index in [1.165, 1.54) is 5.19 Å². The van der Waals surface area contributed by atoms with Gasteiger partial charge in [-0.25, -0.2) is 4.79 Å². The first-order chi connectivity index (χ1) is 23.2. The van der Waals surface area contributed by atoms with E-state index in [2.05, 4.69) is 47.8 Å². The summed E-state index contributed by atoms with van der Waals surface area (Å²) in [5, 5.41) is 23.4. The molecule has 48 heavy (non-hydrogen) atoms. The average Bonchev–Trinajstić information content (AvgIpc) is 3.87. The van der Waals surface area contributed by atoms with Gasteiger partial charge in [0, 0.05) is 35.6 Å². The molecule has 0 radical (unpaired) electrons. The predicted octanol–water partition coefficient (Wildman–Crippen LogP) is 4.63. The van der Waals surface area contributed by atoms with E-state index >= 15 is 0 Å². The van der Waals surface area contributed by atoms with Crippen molar-refractivity contribution in [3.63, 3.8) is 0 Å². The summed E-state index contributed by atoms with van der Waals surface area (Å²) in [5.41, 5.74) is 2.61. The van der Waals surface area contributed by atoms with Crippen LogP contribution < -0.4 is 20.1 Å². The maximum atomic E-state index is 14.1. The molecular formula is C36H41N5O6Si. The average molecular weight is 668 g/mol. The Labute approximate surface area is 280 Å². The topological polar surface area (TPSA) is 128 Å². The van der Waals surface area contributed by atoms with Crippen LogP contribution in [0.3, 0.4) is 0 Å². The van der Waals surface area contributed by atoms with Crippen LogP contribution in [0.25, 0.3) is 0 Å². The molecular weight excluding hydrogens is 627 g/mol. The van der Waals surface area contributed by atoms with Crippen LogP contribution in [-0.4, -0.2) is 73.1 Å². The highest BCUT2D eigenvalue weighted by molar-refractivity contribution is 6.91. The van der Waals surface area contributed by atoms with Crippen molar-refractivity contribution in [2.24, 2.45) is 5.92 Å². The molecule has 3 aliphatic rings. The Balaban J connectivity index is 1.23. The molecule has 0 aliphatic carbocycles. The van der Waals surface area contributed by atoms with Crippen LogP contribution in [0.4, 0.5) is 16.2 Å². The van der Waals surface area contributed by atoms with Crippen LogP contribution in [0.5, 0.6) is 5.75 Å². The van der Waals surface area contributed by atoms with Gasteiger partial charge in [-0.2, -0.15) is 0 Å². The normalized spacial score (nSPS) is 24.1. The lowest BCUT2D eigenvalue weighted by Crippen LogP contribution is -2.51. The molecule has 1 unspecified atom stereocenters. The van der Waals surface area contributed by atoms with E-state index in [0.29, 0.717) is 43.2 Å². The molecule has 5 atom stereocenters. The fraction of sp³-hybridized carbons (Fsp3) is 0.389. The van der Waals surface area contributed by atoms with E-state index in [9.17, 15) is 14.7 Å². The van der Waals surface area contributed by atoms with Crippen LogP contribution >= 0.6 is 0 Å². The van der Waals surface area contributed by atoms with Gasteiger partial charge in [0.05, 0.1) is 46.1 Å². The third-order valence-electron chi connectivity index (χ3n) is 10.6. The second-order valence-corrected chi connectivity index (χ2v) is 18.1. The Kier molecular flexibility index (Phi) is 8.34. The zero-order valence-corrected chi connectivity index (χ0v) is 28.6. The van der Waals surface area contributed by atoms with Gasteiger partial charge in [-0.05, 0) is 47.9 Å². The zero-order chi connectivity index (χ0) is 33.6. The number of nitrogens with zero attached hydrogens (tertiary/aromatic N) is 4. The van der Waals surface area contributed by atoms with E-state index in [-0.39, 0.29) is 36.0 Å². The molecule has 250 valence electrons. The molecule has 1 aromatic heterocycles. The van der Waals surface area contributed by atoms with Crippen molar-refractivity contribution in [1.82, 2.24) is 15.0 Å².